The second-order valence-corrected chi connectivity index (χ2v) is 10.3. The van der Waals surface area contributed by atoms with Gasteiger partial charge in [-0.1, -0.05) is 60.7 Å². The molecule has 0 aliphatic carbocycles. The molecule has 3 aromatic carbocycles. The Morgan fingerprint density at radius 3 is 1.85 bits per heavy atom. The first-order chi connectivity index (χ1) is 19.9. The number of rotatable bonds is 8. The maximum atomic E-state index is 13.7. The van der Waals surface area contributed by atoms with Crippen molar-refractivity contribution in [1.82, 2.24) is 14.7 Å². The number of nitrogens with zero attached hydrogens (tertiary/aromatic N) is 3. The van der Waals surface area contributed by atoms with Crippen molar-refractivity contribution in [2.24, 2.45) is 0 Å². The average molecular weight is 558 g/mol. The minimum Gasteiger partial charge on any atom is -0.502 e. The SMILES string of the molecule is COc1cc(C(=O)C(=O)N2CCCC2C(=O)N2CCN(C(c3ccccc3)c3ccccc3)CC2)cc(OC)c1O. The molecule has 0 spiro atoms. The summed E-state index contributed by atoms with van der Waals surface area (Å²) < 4.78 is 10.3. The van der Waals surface area contributed by atoms with E-state index in [4.69, 9.17) is 9.47 Å². The molecule has 2 heterocycles. The van der Waals surface area contributed by atoms with Crippen LogP contribution in [-0.4, -0.2) is 90.4 Å². The second kappa shape index (κ2) is 12.4. The molecule has 2 amide bonds. The third-order valence-corrected chi connectivity index (χ3v) is 7.96. The molecule has 2 aliphatic heterocycles. The quantitative estimate of drug-likeness (QED) is 0.334. The highest BCUT2D eigenvalue weighted by Crippen LogP contribution is 2.37. The molecular formula is C32H35N3O6. The summed E-state index contributed by atoms with van der Waals surface area (Å²) in [6, 6.07) is 22.7. The van der Waals surface area contributed by atoms with Gasteiger partial charge in [0, 0.05) is 38.3 Å². The van der Waals surface area contributed by atoms with E-state index in [1.54, 1.807) is 0 Å². The van der Waals surface area contributed by atoms with Gasteiger partial charge in [-0.2, -0.15) is 0 Å². The number of likely N-dealkylation sites (tertiary alicyclic amines) is 1. The van der Waals surface area contributed by atoms with E-state index in [1.807, 2.05) is 41.3 Å². The van der Waals surface area contributed by atoms with Gasteiger partial charge in [-0.3, -0.25) is 19.3 Å². The lowest BCUT2D eigenvalue weighted by molar-refractivity contribution is -0.143. The van der Waals surface area contributed by atoms with Crippen LogP contribution in [0, 0.1) is 0 Å². The number of benzene rings is 3. The van der Waals surface area contributed by atoms with Crippen molar-refractivity contribution in [3.8, 4) is 17.2 Å². The molecule has 1 N–H and O–H groups in total. The number of hydrogen-bond acceptors (Lipinski definition) is 7. The Morgan fingerprint density at radius 1 is 0.805 bits per heavy atom. The van der Waals surface area contributed by atoms with Gasteiger partial charge in [0.2, 0.25) is 11.7 Å². The number of ether oxygens (including phenoxy) is 2. The summed E-state index contributed by atoms with van der Waals surface area (Å²) >= 11 is 0. The summed E-state index contributed by atoms with van der Waals surface area (Å²) in [5.74, 6) is -1.86. The fraction of sp³-hybridized carbons (Fsp3) is 0.344. The van der Waals surface area contributed by atoms with Crippen LogP contribution in [-0.2, 0) is 9.59 Å². The van der Waals surface area contributed by atoms with Crippen molar-refractivity contribution in [1.29, 1.82) is 0 Å². The number of carbonyl (C=O) groups excluding carboxylic acids is 3. The molecule has 1 unspecified atom stereocenters. The van der Waals surface area contributed by atoms with Crippen molar-refractivity contribution in [3.05, 3.63) is 89.5 Å². The number of methoxy groups -OCH3 is 2. The van der Waals surface area contributed by atoms with E-state index in [1.165, 1.54) is 42.4 Å². The molecule has 2 aliphatic rings. The third kappa shape index (κ3) is 5.76. The minimum absolute atomic E-state index is 0.0247. The van der Waals surface area contributed by atoms with Crippen molar-refractivity contribution in [2.45, 2.75) is 24.9 Å². The van der Waals surface area contributed by atoms with Crippen LogP contribution in [0.15, 0.2) is 72.8 Å². The number of carbonyl (C=O) groups is 3. The van der Waals surface area contributed by atoms with Crippen molar-refractivity contribution < 1.29 is 29.0 Å². The van der Waals surface area contributed by atoms with Crippen LogP contribution in [0.3, 0.4) is 0 Å². The van der Waals surface area contributed by atoms with Crippen LogP contribution >= 0.6 is 0 Å². The van der Waals surface area contributed by atoms with Crippen LogP contribution < -0.4 is 9.47 Å². The zero-order valence-electron chi connectivity index (χ0n) is 23.4. The summed E-state index contributed by atoms with van der Waals surface area (Å²) in [7, 11) is 2.70. The first-order valence-corrected chi connectivity index (χ1v) is 13.9. The summed E-state index contributed by atoms with van der Waals surface area (Å²) in [5.41, 5.74) is 2.43. The van der Waals surface area contributed by atoms with Gasteiger partial charge in [-0.05, 0) is 36.1 Å². The van der Waals surface area contributed by atoms with Crippen LogP contribution in [0.5, 0.6) is 17.2 Å². The van der Waals surface area contributed by atoms with E-state index >= 15 is 0 Å². The van der Waals surface area contributed by atoms with Crippen molar-refractivity contribution in [2.75, 3.05) is 46.9 Å². The monoisotopic (exact) mass is 557 g/mol. The molecule has 0 bridgehead atoms. The van der Waals surface area contributed by atoms with E-state index in [-0.39, 0.29) is 34.8 Å². The first-order valence-electron chi connectivity index (χ1n) is 13.9. The summed E-state index contributed by atoms with van der Waals surface area (Å²) in [6.07, 6.45) is 1.15. The summed E-state index contributed by atoms with van der Waals surface area (Å²) in [4.78, 5) is 45.8. The van der Waals surface area contributed by atoms with Gasteiger partial charge < -0.3 is 24.4 Å². The number of aromatic hydroxyl groups is 1. The van der Waals surface area contributed by atoms with Crippen molar-refractivity contribution in [3.63, 3.8) is 0 Å². The molecular weight excluding hydrogens is 522 g/mol. The maximum absolute atomic E-state index is 13.7. The number of ketones is 1. The Labute approximate surface area is 239 Å². The smallest absolute Gasteiger partial charge is 0.295 e. The highest BCUT2D eigenvalue weighted by molar-refractivity contribution is 6.43. The lowest BCUT2D eigenvalue weighted by atomic mass is 9.96. The predicted molar refractivity (Wildman–Crippen MR) is 153 cm³/mol. The zero-order chi connectivity index (χ0) is 28.9. The van der Waals surface area contributed by atoms with Gasteiger partial charge in [0.1, 0.15) is 6.04 Å². The molecule has 214 valence electrons. The van der Waals surface area contributed by atoms with Crippen LogP contribution in [0.2, 0.25) is 0 Å². The van der Waals surface area contributed by atoms with Gasteiger partial charge in [0.25, 0.3) is 11.7 Å². The Balaban J connectivity index is 1.28. The normalized spacial score (nSPS) is 17.5. The van der Waals surface area contributed by atoms with Crippen LogP contribution in [0.1, 0.15) is 40.4 Å². The van der Waals surface area contributed by atoms with E-state index in [0.717, 1.165) is 0 Å². The number of phenols is 1. The molecule has 9 nitrogen and oxygen atoms in total. The molecule has 0 radical (unpaired) electrons. The Kier molecular flexibility index (Phi) is 8.54. The summed E-state index contributed by atoms with van der Waals surface area (Å²) in [6.45, 7) is 2.78. The number of Topliss-reactive ketones (excluding diaryl/α,β-unsaturated/α-hetero) is 1. The lowest BCUT2D eigenvalue weighted by Gasteiger charge is -2.41. The largest absolute Gasteiger partial charge is 0.502 e. The summed E-state index contributed by atoms with van der Waals surface area (Å²) in [5, 5.41) is 10.2. The van der Waals surface area contributed by atoms with Gasteiger partial charge >= 0.3 is 0 Å². The van der Waals surface area contributed by atoms with Gasteiger partial charge in [-0.15, -0.1) is 0 Å². The van der Waals surface area contributed by atoms with Crippen molar-refractivity contribution >= 4 is 17.6 Å². The lowest BCUT2D eigenvalue weighted by Crippen LogP contribution is -2.55. The third-order valence-electron chi connectivity index (χ3n) is 7.96. The fourth-order valence-corrected chi connectivity index (χ4v) is 5.84. The number of amides is 2. The Hall–Kier alpha value is -4.37. The first kappa shape index (κ1) is 28.2. The maximum Gasteiger partial charge on any atom is 0.295 e. The minimum atomic E-state index is -0.778. The van der Waals surface area contributed by atoms with E-state index in [0.29, 0.717) is 45.6 Å². The molecule has 0 aromatic heterocycles. The standard InChI is InChI=1S/C32H35N3O6/c1-40-26-20-24(21-27(41-2)30(26)37)29(36)32(39)35-15-9-14-25(35)31(38)34-18-16-33(17-19-34)28(22-10-5-3-6-11-22)23-12-7-4-8-13-23/h3-8,10-13,20-21,25,28,37H,9,14-19H2,1-2H3. The average Bonchev–Trinajstić information content (AvgIpc) is 3.52. The number of piperazine rings is 1. The van der Waals surface area contributed by atoms with Crippen LogP contribution in [0.4, 0.5) is 0 Å². The molecule has 2 saturated heterocycles. The molecule has 9 heteroatoms. The molecule has 41 heavy (non-hydrogen) atoms. The second-order valence-electron chi connectivity index (χ2n) is 10.3. The van der Waals surface area contributed by atoms with Gasteiger partial charge in [0.15, 0.2) is 11.5 Å². The number of hydrogen-bond donors (Lipinski definition) is 1. The highest BCUT2D eigenvalue weighted by Gasteiger charge is 2.40. The molecule has 2 fully saturated rings. The Morgan fingerprint density at radius 2 is 1.34 bits per heavy atom. The van der Waals surface area contributed by atoms with Gasteiger partial charge in [0.05, 0.1) is 20.3 Å². The van der Waals surface area contributed by atoms with E-state index in [2.05, 4.69) is 29.2 Å². The zero-order valence-corrected chi connectivity index (χ0v) is 23.4. The van der Waals surface area contributed by atoms with E-state index in [9.17, 15) is 19.5 Å². The topological polar surface area (TPSA) is 99.6 Å². The Bertz CT molecular complexity index is 1320. The van der Waals surface area contributed by atoms with Gasteiger partial charge in [-0.25, -0.2) is 0 Å². The van der Waals surface area contributed by atoms with Crippen LogP contribution in [0.25, 0.3) is 0 Å². The molecule has 0 saturated carbocycles. The fourth-order valence-electron chi connectivity index (χ4n) is 5.84. The molecule has 5 rings (SSSR count). The number of phenolic OH excluding ortho intramolecular Hbond substituents is 1. The predicted octanol–water partition coefficient (Wildman–Crippen LogP) is 3.52. The molecule has 3 aromatic rings. The molecule has 1 atom stereocenters. The van der Waals surface area contributed by atoms with E-state index < -0.39 is 17.7 Å². The highest BCUT2D eigenvalue weighted by atomic mass is 16.5.